The van der Waals surface area contributed by atoms with Crippen LogP contribution in [0.2, 0.25) is 0 Å². The van der Waals surface area contributed by atoms with Gasteiger partial charge in [0.05, 0.1) is 18.2 Å². The van der Waals surface area contributed by atoms with E-state index in [1.54, 1.807) is 31.2 Å². The summed E-state index contributed by atoms with van der Waals surface area (Å²) in [6.45, 7) is 1.94. The number of amides is 1. The Labute approximate surface area is 163 Å². The Hall–Kier alpha value is -3.26. The summed E-state index contributed by atoms with van der Waals surface area (Å²) in [5, 5.41) is 2.75. The van der Waals surface area contributed by atoms with Crippen LogP contribution >= 0.6 is 0 Å². The van der Waals surface area contributed by atoms with E-state index in [2.05, 4.69) is 10.0 Å². The van der Waals surface area contributed by atoms with Crippen molar-refractivity contribution in [3.63, 3.8) is 0 Å². The molecule has 28 heavy (non-hydrogen) atoms. The number of rotatable bonds is 7. The average Bonchev–Trinajstić information content (AvgIpc) is 3.11. The number of anilines is 2. The van der Waals surface area contributed by atoms with Crippen molar-refractivity contribution in [3.05, 3.63) is 77.7 Å². The highest BCUT2D eigenvalue weighted by atomic mass is 32.2. The van der Waals surface area contributed by atoms with E-state index in [9.17, 15) is 13.2 Å². The van der Waals surface area contributed by atoms with Gasteiger partial charge >= 0.3 is 0 Å². The third kappa shape index (κ3) is 5.14. The molecular weight excluding hydrogens is 380 g/mol. The molecule has 0 atom stereocenters. The molecule has 0 unspecified atom stereocenters. The number of sulfonamides is 1. The topological polar surface area (TPSA) is 97.6 Å². The maximum Gasteiger partial charge on any atom is 0.291 e. The number of aryl methyl sites for hydroxylation is 1. The number of para-hydroxylation sites is 1. The van der Waals surface area contributed by atoms with Gasteiger partial charge in [0.2, 0.25) is 10.0 Å². The summed E-state index contributed by atoms with van der Waals surface area (Å²) >= 11 is 0. The predicted octanol–water partition coefficient (Wildman–Crippen LogP) is 3.79. The lowest BCUT2D eigenvalue weighted by atomic mass is 10.2. The van der Waals surface area contributed by atoms with Crippen LogP contribution in [-0.2, 0) is 16.6 Å². The van der Waals surface area contributed by atoms with E-state index in [0.717, 1.165) is 6.26 Å². The molecule has 3 aromatic rings. The van der Waals surface area contributed by atoms with E-state index in [1.807, 2.05) is 30.3 Å². The molecule has 1 aromatic heterocycles. The largest absolute Gasteiger partial charge is 0.489 e. The molecule has 0 fully saturated rings. The van der Waals surface area contributed by atoms with Gasteiger partial charge in [0.15, 0.2) is 5.76 Å². The summed E-state index contributed by atoms with van der Waals surface area (Å²) in [6, 6.07) is 15.8. The summed E-state index contributed by atoms with van der Waals surface area (Å²) in [5.74, 6) is 0.437. The van der Waals surface area contributed by atoms with Crippen molar-refractivity contribution in [1.82, 2.24) is 0 Å². The highest BCUT2D eigenvalue weighted by molar-refractivity contribution is 7.92. The maximum atomic E-state index is 12.6. The van der Waals surface area contributed by atoms with Crippen LogP contribution in [-0.4, -0.2) is 20.6 Å². The molecule has 0 radical (unpaired) electrons. The van der Waals surface area contributed by atoms with Gasteiger partial charge < -0.3 is 14.5 Å². The van der Waals surface area contributed by atoms with Crippen LogP contribution < -0.4 is 14.8 Å². The summed E-state index contributed by atoms with van der Waals surface area (Å²) in [7, 11) is -3.37. The Kier molecular flexibility index (Phi) is 5.70. The van der Waals surface area contributed by atoms with Crippen molar-refractivity contribution in [2.75, 3.05) is 16.3 Å². The summed E-state index contributed by atoms with van der Waals surface area (Å²) in [6.07, 6.45) is 2.51. The van der Waals surface area contributed by atoms with Crippen LogP contribution in [0.3, 0.4) is 0 Å². The lowest BCUT2D eigenvalue weighted by molar-refractivity contribution is 0.0993. The molecule has 0 bridgehead atoms. The molecule has 0 spiro atoms. The molecule has 146 valence electrons. The zero-order valence-electron chi connectivity index (χ0n) is 15.4. The highest BCUT2D eigenvalue weighted by Crippen LogP contribution is 2.22. The Morgan fingerprint density at radius 1 is 1.11 bits per heavy atom. The minimum Gasteiger partial charge on any atom is -0.489 e. The minimum atomic E-state index is -3.37. The van der Waals surface area contributed by atoms with Crippen LogP contribution in [0, 0.1) is 6.92 Å². The number of hydrogen-bond acceptors (Lipinski definition) is 5. The quantitative estimate of drug-likeness (QED) is 0.629. The molecule has 8 heteroatoms. The van der Waals surface area contributed by atoms with E-state index in [1.165, 1.54) is 6.26 Å². The van der Waals surface area contributed by atoms with Gasteiger partial charge in [0.25, 0.3) is 5.91 Å². The number of hydrogen-bond donors (Lipinski definition) is 2. The molecular formula is C20H20N2O5S. The highest BCUT2D eigenvalue weighted by Gasteiger charge is 2.17. The first-order valence-electron chi connectivity index (χ1n) is 8.46. The summed E-state index contributed by atoms with van der Waals surface area (Å²) in [4.78, 5) is 12.6. The average molecular weight is 400 g/mol. The Morgan fingerprint density at radius 3 is 2.54 bits per heavy atom. The van der Waals surface area contributed by atoms with Gasteiger partial charge in [-0.15, -0.1) is 0 Å². The predicted molar refractivity (Wildman–Crippen MR) is 107 cm³/mol. The molecule has 0 aliphatic rings. The Morgan fingerprint density at radius 2 is 1.86 bits per heavy atom. The van der Waals surface area contributed by atoms with E-state index in [-0.39, 0.29) is 12.4 Å². The van der Waals surface area contributed by atoms with Gasteiger partial charge in [-0.05, 0) is 48.9 Å². The molecule has 3 rings (SSSR count). The van der Waals surface area contributed by atoms with Gasteiger partial charge in [-0.3, -0.25) is 9.52 Å². The third-order valence-corrected chi connectivity index (χ3v) is 4.46. The fourth-order valence-electron chi connectivity index (χ4n) is 2.57. The van der Waals surface area contributed by atoms with Crippen LogP contribution in [0.25, 0.3) is 0 Å². The zero-order valence-corrected chi connectivity index (χ0v) is 16.2. The van der Waals surface area contributed by atoms with E-state index < -0.39 is 15.9 Å². The van der Waals surface area contributed by atoms with Crippen LogP contribution in [0.5, 0.6) is 5.75 Å². The molecule has 0 aliphatic heterocycles. The van der Waals surface area contributed by atoms with E-state index in [4.69, 9.17) is 9.15 Å². The fourth-order valence-corrected chi connectivity index (χ4v) is 3.20. The van der Waals surface area contributed by atoms with Crippen molar-refractivity contribution in [2.24, 2.45) is 0 Å². The number of benzene rings is 2. The van der Waals surface area contributed by atoms with Crippen molar-refractivity contribution >= 4 is 27.3 Å². The minimum absolute atomic E-state index is 0.159. The first kappa shape index (κ1) is 19.5. The number of carbonyl (C=O) groups excluding carboxylic acids is 1. The standard InChI is InChI=1S/C20H20N2O5S/c1-14-12-16(8-9-18(14)22-28(2,24)25)21-20(23)19-15(10-11-26-19)13-27-17-6-4-3-5-7-17/h3-12,22H,13H2,1-2H3,(H,21,23). The fraction of sp³-hybridized carbons (Fsp3) is 0.150. The van der Waals surface area contributed by atoms with Gasteiger partial charge in [-0.25, -0.2) is 8.42 Å². The zero-order chi connectivity index (χ0) is 20.1. The van der Waals surface area contributed by atoms with Gasteiger partial charge in [0, 0.05) is 11.3 Å². The first-order chi connectivity index (χ1) is 13.3. The van der Waals surface area contributed by atoms with Gasteiger partial charge in [-0.2, -0.15) is 0 Å². The van der Waals surface area contributed by atoms with Crippen molar-refractivity contribution < 1.29 is 22.4 Å². The molecule has 2 aromatic carbocycles. The second-order valence-electron chi connectivity index (χ2n) is 6.23. The van der Waals surface area contributed by atoms with Gasteiger partial charge in [-0.1, -0.05) is 18.2 Å². The van der Waals surface area contributed by atoms with Crippen molar-refractivity contribution in [1.29, 1.82) is 0 Å². The van der Waals surface area contributed by atoms with Crippen molar-refractivity contribution in [3.8, 4) is 5.75 Å². The maximum absolute atomic E-state index is 12.6. The lowest BCUT2D eigenvalue weighted by Gasteiger charge is -2.11. The van der Waals surface area contributed by atoms with Crippen LogP contribution in [0.1, 0.15) is 21.7 Å². The Balaban J connectivity index is 1.68. The lowest BCUT2D eigenvalue weighted by Crippen LogP contribution is -2.14. The smallest absolute Gasteiger partial charge is 0.291 e. The summed E-state index contributed by atoms with van der Waals surface area (Å²) in [5.41, 5.74) is 2.27. The first-order valence-corrected chi connectivity index (χ1v) is 10.3. The number of ether oxygens (including phenoxy) is 1. The molecule has 7 nitrogen and oxygen atoms in total. The number of carbonyl (C=O) groups is 1. The summed E-state index contributed by atoms with van der Waals surface area (Å²) < 4.78 is 36.1. The SMILES string of the molecule is Cc1cc(NC(=O)c2occc2COc2ccccc2)ccc1NS(C)(=O)=O. The number of furan rings is 1. The van der Waals surface area contributed by atoms with Crippen molar-refractivity contribution in [2.45, 2.75) is 13.5 Å². The molecule has 0 saturated heterocycles. The Bertz CT molecular complexity index is 1070. The monoisotopic (exact) mass is 400 g/mol. The normalized spacial score (nSPS) is 11.1. The molecule has 2 N–H and O–H groups in total. The van der Waals surface area contributed by atoms with Crippen LogP contribution in [0.4, 0.5) is 11.4 Å². The molecule has 1 amide bonds. The van der Waals surface area contributed by atoms with E-state index in [0.29, 0.717) is 28.3 Å². The molecule has 0 saturated carbocycles. The molecule has 0 aliphatic carbocycles. The second-order valence-corrected chi connectivity index (χ2v) is 7.98. The second kappa shape index (κ2) is 8.18. The van der Waals surface area contributed by atoms with Crippen LogP contribution in [0.15, 0.2) is 65.3 Å². The third-order valence-electron chi connectivity index (χ3n) is 3.87. The number of nitrogens with one attached hydrogen (secondary N) is 2. The van der Waals surface area contributed by atoms with E-state index >= 15 is 0 Å². The molecule has 1 heterocycles. The van der Waals surface area contributed by atoms with Gasteiger partial charge in [0.1, 0.15) is 12.4 Å².